The molecule has 0 amide bonds. The van der Waals surface area contributed by atoms with Gasteiger partial charge in [0, 0.05) is 0 Å². The zero-order valence-corrected chi connectivity index (χ0v) is 5.62. The zero-order chi connectivity index (χ0) is 9.14. The van der Waals surface area contributed by atoms with E-state index in [1.165, 1.54) is 6.07 Å². The Bertz CT molecular complexity index is 284. The standard InChI is InChI=1S/C4H5B2FN2O2/c5-3-1-2(4(10)11)8-9(3)6-7/h1,6H,5H2,(H,10,11)/i5D. The molecule has 0 saturated carbocycles. The van der Waals surface area contributed by atoms with Crippen LogP contribution in [-0.4, -0.2) is 37.6 Å². The predicted octanol–water partition coefficient (Wildman–Crippen LogP) is -2.08. The van der Waals surface area contributed by atoms with Crippen LogP contribution < -0.4 is 5.59 Å². The van der Waals surface area contributed by atoms with E-state index >= 15 is 0 Å². The van der Waals surface area contributed by atoms with Crippen molar-refractivity contribution < 1.29 is 14.2 Å². The van der Waals surface area contributed by atoms with Gasteiger partial charge in [0.15, 0.2) is 13.5 Å². The van der Waals surface area contributed by atoms with Crippen molar-refractivity contribution in [3.8, 4) is 0 Å². The van der Waals surface area contributed by atoms with Crippen LogP contribution in [0.3, 0.4) is 0 Å². The number of carboxylic acid groups (broad SMARTS) is 1. The second kappa shape index (κ2) is 2.77. The largest absolute Gasteiger partial charge is 0.476 e. The molecule has 0 aliphatic rings. The van der Waals surface area contributed by atoms with E-state index in [1.54, 1.807) is 0 Å². The fourth-order valence-electron chi connectivity index (χ4n) is 0.663. The number of nitrogens with zero attached hydrogens (tertiary/aromatic N) is 2. The Morgan fingerprint density at radius 2 is 2.82 bits per heavy atom. The Labute approximate surface area is 65.1 Å². The third kappa shape index (κ3) is 1.42. The summed E-state index contributed by atoms with van der Waals surface area (Å²) in [6, 6.07) is 1.19. The van der Waals surface area contributed by atoms with E-state index < -0.39 is 13.7 Å². The summed E-state index contributed by atoms with van der Waals surface area (Å²) in [6.45, 7) is 0. The van der Waals surface area contributed by atoms with Crippen LogP contribution in [0.5, 0.6) is 0 Å². The summed E-state index contributed by atoms with van der Waals surface area (Å²) < 4.78 is 19.9. The van der Waals surface area contributed by atoms with Crippen molar-refractivity contribution in [3.63, 3.8) is 0 Å². The number of halogens is 1. The predicted molar refractivity (Wildman–Crippen MR) is 41.0 cm³/mol. The molecule has 0 atom stereocenters. The van der Waals surface area contributed by atoms with Crippen LogP contribution in [0.2, 0.25) is 0 Å². The number of aromatic carboxylic acids is 1. The molecule has 1 heterocycles. The number of carbonyl (C=O) groups is 1. The molecule has 1 N–H and O–H groups in total. The lowest BCUT2D eigenvalue weighted by Gasteiger charge is -1.91. The average molecular weight is 155 g/mol. The van der Waals surface area contributed by atoms with E-state index in [4.69, 9.17) is 6.44 Å². The molecular weight excluding hydrogens is 149 g/mol. The maximum atomic E-state index is 12.1. The quantitative estimate of drug-likeness (QED) is 0.509. The molecule has 0 aliphatic heterocycles. The topological polar surface area (TPSA) is 55.1 Å². The third-order valence-electron chi connectivity index (χ3n) is 1.20. The van der Waals surface area contributed by atoms with Crippen LogP contribution in [0.1, 0.15) is 10.5 Å². The van der Waals surface area contributed by atoms with Crippen molar-refractivity contribution >= 4 is 27.1 Å². The highest BCUT2D eigenvalue weighted by molar-refractivity contribution is 6.37. The first kappa shape index (κ1) is 6.45. The monoisotopic (exact) mass is 155 g/mol. The van der Waals surface area contributed by atoms with Crippen LogP contribution in [0.25, 0.3) is 0 Å². The molecular formula is C4H5B2FN2O2. The molecule has 11 heavy (non-hydrogen) atoms. The van der Waals surface area contributed by atoms with Gasteiger partial charge in [0.2, 0.25) is 0 Å². The van der Waals surface area contributed by atoms with Crippen LogP contribution >= 0.6 is 0 Å². The minimum atomic E-state index is -1.21. The summed E-state index contributed by atoms with van der Waals surface area (Å²) in [4.78, 5) is 10.3. The molecule has 1 rings (SSSR count). The van der Waals surface area contributed by atoms with Crippen LogP contribution in [0.15, 0.2) is 6.07 Å². The molecule has 0 aliphatic carbocycles. The van der Waals surface area contributed by atoms with Gasteiger partial charge in [-0.3, -0.25) is 4.59 Å². The van der Waals surface area contributed by atoms with E-state index in [0.717, 1.165) is 4.59 Å². The van der Waals surface area contributed by atoms with Crippen LogP contribution in [-0.2, 0) is 0 Å². The first-order valence-electron chi connectivity index (χ1n) is 3.55. The van der Waals surface area contributed by atoms with E-state index in [9.17, 15) is 9.11 Å². The van der Waals surface area contributed by atoms with Gasteiger partial charge in [-0.15, -0.1) is 0 Å². The van der Waals surface area contributed by atoms with E-state index in [1.807, 2.05) is 0 Å². The zero-order valence-electron chi connectivity index (χ0n) is 6.62. The number of aromatic nitrogens is 2. The van der Waals surface area contributed by atoms with Gasteiger partial charge >= 0.3 is 13.7 Å². The number of hydrogen-bond donors (Lipinski definition) is 1. The molecule has 0 fully saturated rings. The smallest absolute Gasteiger partial charge is 0.464 e. The number of rotatable bonds is 3. The second-order valence-electron chi connectivity index (χ2n) is 1.95. The van der Waals surface area contributed by atoms with E-state index in [0.29, 0.717) is 0 Å². The molecule has 56 valence electrons. The second-order valence-corrected chi connectivity index (χ2v) is 1.95. The highest BCUT2D eigenvalue weighted by Crippen LogP contribution is 1.90. The Kier molecular flexibility index (Phi) is 1.63. The Balaban J connectivity index is 3.05. The van der Waals surface area contributed by atoms with Gasteiger partial charge < -0.3 is 9.42 Å². The van der Waals surface area contributed by atoms with Gasteiger partial charge in [-0.25, -0.2) is 4.79 Å². The molecule has 0 radical (unpaired) electrons. The summed E-state index contributed by atoms with van der Waals surface area (Å²) in [5, 5.41) is 11.9. The highest BCUT2D eigenvalue weighted by atomic mass is 19.1. The van der Waals surface area contributed by atoms with Gasteiger partial charge in [0.25, 0.3) is 0 Å². The lowest BCUT2D eigenvalue weighted by atomic mass is 10.0. The van der Waals surface area contributed by atoms with Crippen molar-refractivity contribution in [3.05, 3.63) is 11.8 Å². The highest BCUT2D eigenvalue weighted by Gasteiger charge is 2.09. The maximum Gasteiger partial charge on any atom is 0.464 e. The third-order valence-corrected chi connectivity index (χ3v) is 1.20. The molecule has 0 aromatic carbocycles. The molecule has 0 bridgehead atoms. The van der Waals surface area contributed by atoms with Crippen molar-refractivity contribution in [2.24, 2.45) is 0 Å². The van der Waals surface area contributed by atoms with Gasteiger partial charge in [0.1, 0.15) is 0 Å². The van der Waals surface area contributed by atoms with Gasteiger partial charge in [0.05, 0.1) is 0 Å². The summed E-state index contributed by atoms with van der Waals surface area (Å²) in [6.07, 6.45) is 0. The summed E-state index contributed by atoms with van der Waals surface area (Å²) in [7, 11) is -1.08. The summed E-state index contributed by atoms with van der Waals surface area (Å²) in [5.74, 6) is -1.21. The minimum Gasteiger partial charge on any atom is -0.476 e. The molecule has 0 unspecified atom stereocenters. The van der Waals surface area contributed by atoms with E-state index in [2.05, 4.69) is 5.10 Å². The van der Waals surface area contributed by atoms with Crippen molar-refractivity contribution in [1.82, 2.24) is 9.69 Å². The van der Waals surface area contributed by atoms with Gasteiger partial charge in [-0.1, -0.05) is 0 Å². The summed E-state index contributed by atoms with van der Waals surface area (Å²) >= 11 is 0. The number of carboxylic acids is 1. The normalized spacial score (nSPS) is 10.5. The Morgan fingerprint density at radius 1 is 2.09 bits per heavy atom. The van der Waals surface area contributed by atoms with Crippen molar-refractivity contribution in [2.45, 2.75) is 0 Å². The van der Waals surface area contributed by atoms with Gasteiger partial charge in [-0.2, -0.15) is 5.10 Å². The molecule has 4 nitrogen and oxygen atoms in total. The first-order chi connectivity index (χ1) is 5.69. The van der Waals surface area contributed by atoms with Crippen LogP contribution in [0.4, 0.5) is 4.32 Å². The summed E-state index contributed by atoms with van der Waals surface area (Å²) in [5.41, 5.74) is 0.0322. The van der Waals surface area contributed by atoms with Crippen molar-refractivity contribution in [2.75, 3.05) is 0 Å². The van der Waals surface area contributed by atoms with Crippen molar-refractivity contribution in [1.29, 1.82) is 1.34 Å². The SMILES string of the molecule is [2H]Bc1cc(C(=O)O)nn1BF. The Hall–Kier alpha value is -1.26. The molecule has 0 saturated heterocycles. The Morgan fingerprint density at radius 3 is 3.18 bits per heavy atom. The average Bonchev–Trinajstić information content (AvgIpc) is 2.46. The number of hydrogen-bond acceptors (Lipinski definition) is 2. The van der Waals surface area contributed by atoms with E-state index in [-0.39, 0.29) is 19.1 Å². The fourth-order valence-corrected chi connectivity index (χ4v) is 0.663. The maximum absolute atomic E-state index is 12.1. The molecule has 1 aromatic rings. The first-order valence-corrected chi connectivity index (χ1v) is 2.84. The lowest BCUT2D eigenvalue weighted by molar-refractivity contribution is 0.0690. The molecule has 1 aromatic heterocycles. The molecule has 0 spiro atoms. The molecule has 7 heteroatoms. The fraction of sp³-hybridized carbons (Fsp3) is 0. The minimum absolute atomic E-state index is 0.176. The lowest BCUT2D eigenvalue weighted by Crippen LogP contribution is -2.20. The van der Waals surface area contributed by atoms with Crippen LogP contribution in [0, 0.1) is 0 Å². The van der Waals surface area contributed by atoms with Gasteiger partial charge in [-0.05, 0) is 13.0 Å².